The van der Waals surface area contributed by atoms with Crippen molar-refractivity contribution in [3.05, 3.63) is 24.3 Å². The molecule has 2 N–H and O–H groups in total. The van der Waals surface area contributed by atoms with Crippen LogP contribution in [0.3, 0.4) is 0 Å². The minimum Gasteiger partial charge on any atom is -0.395 e. The molecular formula is C22H34N4O3. The zero-order chi connectivity index (χ0) is 20.4. The van der Waals surface area contributed by atoms with E-state index in [1.54, 1.807) is 0 Å². The highest BCUT2D eigenvalue weighted by atomic mass is 16.5. The maximum absolute atomic E-state index is 12.6. The molecule has 5 rings (SSSR count). The topological polar surface area (TPSA) is 68.3 Å². The average molecular weight is 403 g/mol. The van der Waals surface area contributed by atoms with Gasteiger partial charge in [0.25, 0.3) is 0 Å². The number of hydrogen-bond donors (Lipinski definition) is 2. The van der Waals surface area contributed by atoms with Gasteiger partial charge in [0.05, 0.1) is 25.9 Å². The van der Waals surface area contributed by atoms with Crippen LogP contribution in [0.4, 0.5) is 16.2 Å². The number of anilines is 2. The predicted molar refractivity (Wildman–Crippen MR) is 115 cm³/mol. The van der Waals surface area contributed by atoms with Crippen molar-refractivity contribution in [3.63, 3.8) is 0 Å². The molecule has 0 saturated carbocycles. The van der Waals surface area contributed by atoms with E-state index in [1.807, 2.05) is 4.90 Å². The third kappa shape index (κ3) is 4.31. The van der Waals surface area contributed by atoms with E-state index >= 15 is 0 Å². The summed E-state index contributed by atoms with van der Waals surface area (Å²) in [7, 11) is 0. The number of aliphatic hydroxyl groups is 1. The maximum Gasteiger partial charge on any atom is 0.317 e. The lowest BCUT2D eigenvalue weighted by molar-refractivity contribution is 0.122. The van der Waals surface area contributed by atoms with Crippen molar-refractivity contribution in [3.8, 4) is 0 Å². The van der Waals surface area contributed by atoms with Crippen LogP contribution in [-0.2, 0) is 4.74 Å². The SMILES string of the molecule is CC1(C)CC2CN(C(=O)NCCO)CC1N(c1ccc(N3CCOCC3)cc1)C2. The van der Waals surface area contributed by atoms with E-state index < -0.39 is 0 Å². The number of carbonyl (C=O) groups is 1. The van der Waals surface area contributed by atoms with Crippen LogP contribution in [-0.4, -0.2) is 81.2 Å². The normalized spacial score (nSPS) is 26.4. The van der Waals surface area contributed by atoms with Crippen molar-refractivity contribution in [2.24, 2.45) is 11.3 Å². The fourth-order valence-electron chi connectivity index (χ4n) is 5.24. The Morgan fingerprint density at radius 2 is 1.83 bits per heavy atom. The second-order valence-corrected chi connectivity index (χ2v) is 9.20. The quantitative estimate of drug-likeness (QED) is 0.803. The van der Waals surface area contributed by atoms with E-state index in [4.69, 9.17) is 9.84 Å². The van der Waals surface area contributed by atoms with Crippen LogP contribution in [0.2, 0.25) is 0 Å². The Labute approximate surface area is 173 Å². The summed E-state index contributed by atoms with van der Waals surface area (Å²) in [6.07, 6.45) is 1.13. The van der Waals surface area contributed by atoms with Crippen molar-refractivity contribution >= 4 is 17.4 Å². The molecule has 2 bridgehead atoms. The van der Waals surface area contributed by atoms with E-state index in [0.29, 0.717) is 19.0 Å². The Balaban J connectivity index is 1.52. The van der Waals surface area contributed by atoms with Gasteiger partial charge in [-0.05, 0) is 42.0 Å². The third-order valence-corrected chi connectivity index (χ3v) is 6.65. The van der Waals surface area contributed by atoms with E-state index in [1.165, 1.54) is 11.4 Å². The number of piperidine rings is 1. The summed E-state index contributed by atoms with van der Waals surface area (Å²) in [5.41, 5.74) is 2.63. The van der Waals surface area contributed by atoms with Crippen molar-refractivity contribution in [1.82, 2.24) is 10.2 Å². The fraction of sp³-hybridized carbons (Fsp3) is 0.682. The second kappa shape index (κ2) is 8.40. The summed E-state index contributed by atoms with van der Waals surface area (Å²) in [5.74, 6) is 0.447. The summed E-state index contributed by atoms with van der Waals surface area (Å²) in [5, 5.41) is 11.9. The first kappa shape index (κ1) is 20.3. The lowest BCUT2D eigenvalue weighted by Gasteiger charge is -2.48. The van der Waals surface area contributed by atoms with Gasteiger partial charge < -0.3 is 29.9 Å². The van der Waals surface area contributed by atoms with Crippen LogP contribution < -0.4 is 15.1 Å². The number of amides is 2. The van der Waals surface area contributed by atoms with E-state index in [2.05, 4.69) is 53.2 Å². The van der Waals surface area contributed by atoms with Crippen LogP contribution in [0.25, 0.3) is 0 Å². The van der Waals surface area contributed by atoms with Gasteiger partial charge in [0.2, 0.25) is 0 Å². The number of carbonyl (C=O) groups excluding carboxylic acids is 1. The monoisotopic (exact) mass is 402 g/mol. The van der Waals surface area contributed by atoms with Gasteiger partial charge in [-0.3, -0.25) is 0 Å². The highest BCUT2D eigenvalue weighted by Crippen LogP contribution is 2.43. The molecule has 2 unspecified atom stereocenters. The Kier molecular flexibility index (Phi) is 5.88. The van der Waals surface area contributed by atoms with E-state index in [9.17, 15) is 4.79 Å². The summed E-state index contributed by atoms with van der Waals surface area (Å²) in [6, 6.07) is 9.12. The second-order valence-electron chi connectivity index (χ2n) is 9.20. The molecule has 0 aliphatic carbocycles. The van der Waals surface area contributed by atoms with Gasteiger partial charge >= 0.3 is 6.03 Å². The molecule has 29 heavy (non-hydrogen) atoms. The predicted octanol–water partition coefficient (Wildman–Crippen LogP) is 1.76. The first-order valence-corrected chi connectivity index (χ1v) is 10.8. The number of nitrogens with one attached hydrogen (secondary N) is 1. The first-order chi connectivity index (χ1) is 14.0. The van der Waals surface area contributed by atoms with Gasteiger partial charge in [0.15, 0.2) is 0 Å². The molecule has 0 spiro atoms. The number of morpholine rings is 1. The molecule has 4 saturated heterocycles. The van der Waals surface area contributed by atoms with Gasteiger partial charge in [-0.2, -0.15) is 0 Å². The lowest BCUT2D eigenvalue weighted by atomic mass is 9.73. The number of benzene rings is 1. The molecule has 4 aliphatic heterocycles. The van der Waals surface area contributed by atoms with Gasteiger partial charge in [0, 0.05) is 50.6 Å². The van der Waals surface area contributed by atoms with E-state index in [-0.39, 0.29) is 24.1 Å². The summed E-state index contributed by atoms with van der Waals surface area (Å²) in [6.45, 7) is 10.9. The number of hydrogen-bond acceptors (Lipinski definition) is 5. The van der Waals surface area contributed by atoms with Crippen molar-refractivity contribution in [2.75, 3.05) is 68.9 Å². The Morgan fingerprint density at radius 1 is 1.14 bits per heavy atom. The largest absolute Gasteiger partial charge is 0.395 e. The standard InChI is InChI=1S/C22H34N4O3/c1-22(2)13-17-14-25(21(28)23-7-10-27)16-20(22)26(15-17)19-5-3-18(4-6-19)24-8-11-29-12-9-24/h3-6,17,20,27H,7-16H2,1-2H3,(H,23,28). The minimum absolute atomic E-state index is 0.0282. The molecule has 1 aromatic carbocycles. The highest BCUT2D eigenvalue weighted by molar-refractivity contribution is 5.74. The van der Waals surface area contributed by atoms with Crippen LogP contribution in [0, 0.1) is 11.3 Å². The zero-order valence-electron chi connectivity index (χ0n) is 17.6. The van der Waals surface area contributed by atoms with Gasteiger partial charge in [-0.1, -0.05) is 13.8 Å². The molecular weight excluding hydrogens is 368 g/mol. The van der Waals surface area contributed by atoms with E-state index in [0.717, 1.165) is 45.8 Å². The molecule has 4 heterocycles. The summed E-state index contributed by atoms with van der Waals surface area (Å²) >= 11 is 0. The number of rotatable bonds is 4. The number of fused-ring (bicyclic) bond motifs is 4. The lowest BCUT2D eigenvalue weighted by Crippen LogP contribution is -2.54. The molecule has 0 aromatic heterocycles. The van der Waals surface area contributed by atoms with Crippen molar-refractivity contribution < 1.29 is 14.6 Å². The zero-order valence-corrected chi connectivity index (χ0v) is 17.6. The number of ether oxygens (including phenoxy) is 1. The maximum atomic E-state index is 12.6. The van der Waals surface area contributed by atoms with Gasteiger partial charge in [0.1, 0.15) is 0 Å². The van der Waals surface area contributed by atoms with Crippen LogP contribution in [0.5, 0.6) is 0 Å². The number of urea groups is 1. The van der Waals surface area contributed by atoms with Gasteiger partial charge in [-0.15, -0.1) is 0 Å². The van der Waals surface area contributed by atoms with Crippen LogP contribution >= 0.6 is 0 Å². The molecule has 160 valence electrons. The molecule has 7 nitrogen and oxygen atoms in total. The third-order valence-electron chi connectivity index (χ3n) is 6.65. The molecule has 7 heteroatoms. The average Bonchev–Trinajstić information content (AvgIpc) is 3.00. The summed E-state index contributed by atoms with van der Waals surface area (Å²) in [4.78, 5) is 19.4. The fourth-order valence-corrected chi connectivity index (χ4v) is 5.24. The Bertz CT molecular complexity index is 703. The molecule has 4 aliphatic rings. The Morgan fingerprint density at radius 3 is 2.52 bits per heavy atom. The summed E-state index contributed by atoms with van der Waals surface area (Å²) < 4.78 is 5.46. The van der Waals surface area contributed by atoms with Crippen molar-refractivity contribution in [2.45, 2.75) is 26.3 Å². The highest BCUT2D eigenvalue weighted by Gasteiger charge is 2.46. The molecule has 1 aromatic rings. The number of aliphatic hydroxyl groups excluding tert-OH is 1. The molecule has 2 atom stereocenters. The molecule has 0 radical (unpaired) electrons. The smallest absolute Gasteiger partial charge is 0.317 e. The van der Waals surface area contributed by atoms with Gasteiger partial charge in [-0.25, -0.2) is 4.79 Å². The molecule has 4 fully saturated rings. The van der Waals surface area contributed by atoms with Crippen molar-refractivity contribution in [1.29, 1.82) is 0 Å². The first-order valence-electron chi connectivity index (χ1n) is 10.8. The van der Waals surface area contributed by atoms with Crippen LogP contribution in [0.1, 0.15) is 20.3 Å². The van der Waals surface area contributed by atoms with Crippen LogP contribution in [0.15, 0.2) is 24.3 Å². The Hall–Kier alpha value is -1.99. The minimum atomic E-state index is -0.0590. The molecule has 2 amide bonds. The number of nitrogens with zero attached hydrogens (tertiary/aromatic N) is 3.